The molecule has 4 heteroatoms. The minimum atomic E-state index is 0.0420. The van der Waals surface area contributed by atoms with Crippen LogP contribution in [0.2, 0.25) is 0 Å². The summed E-state index contributed by atoms with van der Waals surface area (Å²) < 4.78 is 0.957. The van der Waals surface area contributed by atoms with E-state index in [2.05, 4.69) is 15.9 Å². The highest BCUT2D eigenvalue weighted by atomic mass is 79.9. The molecule has 0 saturated carbocycles. The zero-order valence-corrected chi connectivity index (χ0v) is 13.5. The monoisotopic (exact) mass is 344 g/mol. The molecule has 2 aromatic rings. The summed E-state index contributed by atoms with van der Waals surface area (Å²) in [5, 5.41) is 0. The summed E-state index contributed by atoms with van der Waals surface area (Å²) in [4.78, 5) is 14.8. The Labute approximate surface area is 132 Å². The molecule has 108 valence electrons. The van der Waals surface area contributed by atoms with Gasteiger partial charge in [0.25, 0.3) is 5.91 Å². The van der Waals surface area contributed by atoms with E-state index in [1.54, 1.807) is 0 Å². The maximum absolute atomic E-state index is 12.9. The number of hydrogen-bond donors (Lipinski definition) is 1. The highest BCUT2D eigenvalue weighted by Gasteiger charge is 2.25. The van der Waals surface area contributed by atoms with Crippen LogP contribution in [0, 0.1) is 6.92 Å². The van der Waals surface area contributed by atoms with Crippen molar-refractivity contribution >= 4 is 33.2 Å². The first-order chi connectivity index (χ1) is 10.1. The van der Waals surface area contributed by atoms with Gasteiger partial charge in [-0.1, -0.05) is 28.1 Å². The second-order valence-electron chi connectivity index (χ2n) is 5.32. The third-order valence-corrected chi connectivity index (χ3v) is 4.89. The maximum atomic E-state index is 12.9. The topological polar surface area (TPSA) is 46.3 Å². The standard InChI is InChI=1S/C17H17BrN2O/c1-11-12(5-2-7-14(11)18)17(21)20-10-4-6-13-15(19)8-3-9-16(13)20/h2-3,5,7-9H,4,6,10,19H2,1H3. The second-order valence-corrected chi connectivity index (χ2v) is 6.17. The van der Waals surface area contributed by atoms with E-state index in [4.69, 9.17) is 5.73 Å². The number of nitrogens with zero attached hydrogens (tertiary/aromatic N) is 1. The van der Waals surface area contributed by atoms with Gasteiger partial charge in [0, 0.05) is 28.0 Å². The molecule has 1 heterocycles. The number of amides is 1. The number of anilines is 2. The lowest BCUT2D eigenvalue weighted by Gasteiger charge is -2.30. The fourth-order valence-electron chi connectivity index (χ4n) is 2.85. The van der Waals surface area contributed by atoms with Crippen LogP contribution in [0.4, 0.5) is 11.4 Å². The maximum Gasteiger partial charge on any atom is 0.258 e. The van der Waals surface area contributed by atoms with Gasteiger partial charge in [0.05, 0.1) is 0 Å². The van der Waals surface area contributed by atoms with Gasteiger partial charge in [-0.15, -0.1) is 0 Å². The molecular formula is C17H17BrN2O. The Kier molecular flexibility index (Phi) is 3.72. The molecule has 0 bridgehead atoms. The summed E-state index contributed by atoms with van der Waals surface area (Å²) >= 11 is 3.49. The number of hydrogen-bond acceptors (Lipinski definition) is 2. The second kappa shape index (κ2) is 5.53. The largest absolute Gasteiger partial charge is 0.398 e. The number of carbonyl (C=O) groups excluding carboxylic acids is 1. The Morgan fingerprint density at radius 2 is 2.00 bits per heavy atom. The van der Waals surface area contributed by atoms with E-state index in [1.165, 1.54) is 0 Å². The fraction of sp³-hybridized carbons (Fsp3) is 0.235. The normalized spacial score (nSPS) is 13.9. The lowest BCUT2D eigenvalue weighted by molar-refractivity contribution is 0.0984. The van der Waals surface area contributed by atoms with E-state index in [0.717, 1.165) is 51.9 Å². The molecule has 0 spiro atoms. The van der Waals surface area contributed by atoms with Gasteiger partial charge in [-0.3, -0.25) is 4.79 Å². The van der Waals surface area contributed by atoms with Crippen LogP contribution in [0.25, 0.3) is 0 Å². The van der Waals surface area contributed by atoms with Crippen molar-refractivity contribution in [2.45, 2.75) is 19.8 Å². The van der Waals surface area contributed by atoms with Crippen molar-refractivity contribution < 1.29 is 4.79 Å². The molecule has 21 heavy (non-hydrogen) atoms. The van der Waals surface area contributed by atoms with Crippen molar-refractivity contribution in [3.05, 3.63) is 57.6 Å². The van der Waals surface area contributed by atoms with E-state index in [-0.39, 0.29) is 5.91 Å². The Morgan fingerprint density at radius 1 is 1.24 bits per heavy atom. The molecule has 3 nitrogen and oxygen atoms in total. The van der Waals surface area contributed by atoms with Crippen LogP contribution in [0.15, 0.2) is 40.9 Å². The van der Waals surface area contributed by atoms with Gasteiger partial charge in [0.2, 0.25) is 0 Å². The molecule has 0 radical (unpaired) electrons. The van der Waals surface area contributed by atoms with Crippen molar-refractivity contribution in [1.82, 2.24) is 0 Å². The highest BCUT2D eigenvalue weighted by Crippen LogP contribution is 2.33. The fourth-order valence-corrected chi connectivity index (χ4v) is 3.21. The van der Waals surface area contributed by atoms with Gasteiger partial charge < -0.3 is 10.6 Å². The molecule has 0 saturated heterocycles. The summed E-state index contributed by atoms with van der Waals surface area (Å²) in [6, 6.07) is 11.5. The number of fused-ring (bicyclic) bond motifs is 1. The molecular weight excluding hydrogens is 328 g/mol. The molecule has 1 amide bonds. The average Bonchev–Trinajstić information content (AvgIpc) is 2.49. The van der Waals surface area contributed by atoms with Gasteiger partial charge in [0.15, 0.2) is 0 Å². The smallest absolute Gasteiger partial charge is 0.258 e. The van der Waals surface area contributed by atoms with Crippen LogP contribution >= 0.6 is 15.9 Å². The molecule has 2 N–H and O–H groups in total. The number of nitrogens with two attached hydrogens (primary N) is 1. The molecule has 3 rings (SSSR count). The molecule has 0 aromatic heterocycles. The molecule has 0 unspecified atom stereocenters. The van der Waals surface area contributed by atoms with Gasteiger partial charge in [0.1, 0.15) is 0 Å². The van der Waals surface area contributed by atoms with Gasteiger partial charge in [-0.05, 0) is 55.2 Å². The van der Waals surface area contributed by atoms with Crippen molar-refractivity contribution in [3.63, 3.8) is 0 Å². The number of carbonyl (C=O) groups is 1. The number of rotatable bonds is 1. The number of benzene rings is 2. The van der Waals surface area contributed by atoms with Crippen molar-refractivity contribution in [2.75, 3.05) is 17.2 Å². The van der Waals surface area contributed by atoms with Crippen molar-refractivity contribution in [3.8, 4) is 0 Å². The first kappa shape index (κ1) is 14.1. The van der Waals surface area contributed by atoms with Gasteiger partial charge in [-0.25, -0.2) is 0 Å². The van der Waals surface area contributed by atoms with E-state index >= 15 is 0 Å². The van der Waals surface area contributed by atoms with Crippen LogP contribution < -0.4 is 10.6 Å². The van der Waals surface area contributed by atoms with Crippen LogP contribution in [0.1, 0.15) is 27.9 Å². The first-order valence-electron chi connectivity index (χ1n) is 7.04. The van der Waals surface area contributed by atoms with Crippen molar-refractivity contribution in [1.29, 1.82) is 0 Å². The highest BCUT2D eigenvalue weighted by molar-refractivity contribution is 9.10. The lowest BCUT2D eigenvalue weighted by Crippen LogP contribution is -2.36. The SMILES string of the molecule is Cc1c(Br)cccc1C(=O)N1CCCc2c(N)cccc21. The zero-order chi connectivity index (χ0) is 15.0. The summed E-state index contributed by atoms with van der Waals surface area (Å²) in [7, 11) is 0. The van der Waals surface area contributed by atoms with Crippen LogP contribution in [0.3, 0.4) is 0 Å². The predicted molar refractivity (Wildman–Crippen MR) is 89.7 cm³/mol. The zero-order valence-electron chi connectivity index (χ0n) is 11.9. The number of halogens is 1. The van der Waals surface area contributed by atoms with Crippen LogP contribution in [-0.4, -0.2) is 12.5 Å². The molecule has 0 fully saturated rings. The molecule has 0 aliphatic carbocycles. The van der Waals surface area contributed by atoms with Crippen LogP contribution in [0.5, 0.6) is 0 Å². The summed E-state index contributed by atoms with van der Waals surface area (Å²) in [6.07, 6.45) is 1.88. The summed E-state index contributed by atoms with van der Waals surface area (Å²) in [6.45, 7) is 2.70. The van der Waals surface area contributed by atoms with Crippen LogP contribution in [-0.2, 0) is 6.42 Å². The minimum absolute atomic E-state index is 0.0420. The van der Waals surface area contributed by atoms with Gasteiger partial charge in [-0.2, -0.15) is 0 Å². The average molecular weight is 345 g/mol. The lowest BCUT2D eigenvalue weighted by atomic mass is 9.98. The molecule has 0 atom stereocenters. The van der Waals surface area contributed by atoms with E-state index in [0.29, 0.717) is 0 Å². The van der Waals surface area contributed by atoms with E-state index in [9.17, 15) is 4.79 Å². The molecule has 1 aliphatic rings. The van der Waals surface area contributed by atoms with Gasteiger partial charge >= 0.3 is 0 Å². The molecule has 1 aliphatic heterocycles. The minimum Gasteiger partial charge on any atom is -0.398 e. The Balaban J connectivity index is 2.05. The Bertz CT molecular complexity index is 712. The third-order valence-electron chi connectivity index (χ3n) is 4.03. The van der Waals surface area contributed by atoms with E-state index in [1.807, 2.05) is 48.2 Å². The quantitative estimate of drug-likeness (QED) is 0.796. The predicted octanol–water partition coefficient (Wildman–Crippen LogP) is 3.93. The Morgan fingerprint density at radius 3 is 2.81 bits per heavy atom. The number of nitrogen functional groups attached to an aromatic ring is 1. The first-order valence-corrected chi connectivity index (χ1v) is 7.83. The van der Waals surface area contributed by atoms with E-state index < -0.39 is 0 Å². The molecule has 2 aromatic carbocycles. The Hall–Kier alpha value is -1.81. The van der Waals surface area contributed by atoms with Crippen molar-refractivity contribution in [2.24, 2.45) is 0 Å². The summed E-state index contributed by atoms with van der Waals surface area (Å²) in [5.41, 5.74) is 10.6. The third kappa shape index (κ3) is 2.44. The summed E-state index contributed by atoms with van der Waals surface area (Å²) in [5.74, 6) is 0.0420.